The predicted octanol–water partition coefficient (Wildman–Crippen LogP) is 3.33. The highest BCUT2D eigenvalue weighted by atomic mass is 16.6. The van der Waals surface area contributed by atoms with E-state index in [2.05, 4.69) is 26.1 Å². The fraction of sp³-hybridized carbons (Fsp3) is 0.889. The molecule has 5 nitrogen and oxygen atoms in total. The van der Waals surface area contributed by atoms with E-state index in [0.29, 0.717) is 13.1 Å². The lowest BCUT2D eigenvalue weighted by Crippen LogP contribution is -2.56. The Hall–Kier alpha value is -1.26. The largest absolute Gasteiger partial charge is 0.444 e. The number of nitrogens with zero attached hydrogens (tertiary/aromatic N) is 1. The zero-order valence-electron chi connectivity index (χ0n) is 15.5. The number of amides is 2. The summed E-state index contributed by atoms with van der Waals surface area (Å²) in [4.78, 5) is 26.5. The van der Waals surface area contributed by atoms with Gasteiger partial charge in [0.15, 0.2) is 0 Å². The van der Waals surface area contributed by atoms with Crippen molar-refractivity contribution < 1.29 is 14.3 Å². The Morgan fingerprint density at radius 2 is 1.96 bits per heavy atom. The van der Waals surface area contributed by atoms with E-state index in [-0.39, 0.29) is 28.9 Å². The van der Waals surface area contributed by atoms with Gasteiger partial charge in [-0.15, -0.1) is 0 Å². The summed E-state index contributed by atoms with van der Waals surface area (Å²) in [5.41, 5.74) is -0.620. The van der Waals surface area contributed by atoms with Gasteiger partial charge in [0.1, 0.15) is 5.60 Å². The lowest BCUT2D eigenvalue weighted by atomic mass is 9.79. The number of carbonyl (C=O) groups is 2. The van der Waals surface area contributed by atoms with Crippen LogP contribution < -0.4 is 5.32 Å². The van der Waals surface area contributed by atoms with Crippen molar-refractivity contribution in [2.45, 2.75) is 78.4 Å². The quantitative estimate of drug-likeness (QED) is 0.805. The fourth-order valence-corrected chi connectivity index (χ4v) is 3.77. The molecule has 132 valence electrons. The maximum absolute atomic E-state index is 12.4. The number of rotatable bonds is 1. The molecule has 2 unspecified atom stereocenters. The lowest BCUT2D eigenvalue weighted by molar-refractivity contribution is -0.123. The summed E-state index contributed by atoms with van der Waals surface area (Å²) in [7, 11) is 0. The highest BCUT2D eigenvalue weighted by Gasteiger charge is 2.48. The van der Waals surface area contributed by atoms with E-state index < -0.39 is 5.60 Å². The highest BCUT2D eigenvalue weighted by molar-refractivity contribution is 5.82. The molecule has 0 aromatic rings. The summed E-state index contributed by atoms with van der Waals surface area (Å²) in [5, 5.41) is 3.20. The first-order valence-corrected chi connectivity index (χ1v) is 8.69. The number of likely N-dealkylation sites (tertiary alicyclic amines) is 1. The molecule has 2 fully saturated rings. The number of hydrogen-bond acceptors (Lipinski definition) is 3. The Bertz CT molecular complexity index is 476. The van der Waals surface area contributed by atoms with Gasteiger partial charge >= 0.3 is 6.09 Å². The fourth-order valence-electron chi connectivity index (χ4n) is 3.77. The first-order valence-electron chi connectivity index (χ1n) is 8.69. The monoisotopic (exact) mass is 324 g/mol. The van der Waals surface area contributed by atoms with Crippen molar-refractivity contribution in [1.29, 1.82) is 0 Å². The molecule has 2 heterocycles. The van der Waals surface area contributed by atoms with E-state index in [0.717, 1.165) is 25.7 Å². The van der Waals surface area contributed by atoms with Crippen LogP contribution in [0.3, 0.4) is 0 Å². The average molecular weight is 324 g/mol. The van der Waals surface area contributed by atoms with Crippen LogP contribution in [0.1, 0.15) is 67.2 Å². The van der Waals surface area contributed by atoms with Crippen LogP contribution in [-0.4, -0.2) is 41.1 Å². The van der Waals surface area contributed by atoms with Crippen molar-refractivity contribution in [3.8, 4) is 0 Å². The van der Waals surface area contributed by atoms with Crippen LogP contribution in [0, 0.1) is 11.3 Å². The number of carbonyl (C=O) groups excluding carboxylic acids is 2. The normalized spacial score (nSPS) is 28.9. The van der Waals surface area contributed by atoms with Crippen LogP contribution in [-0.2, 0) is 9.53 Å². The van der Waals surface area contributed by atoms with Crippen LogP contribution >= 0.6 is 0 Å². The average Bonchev–Trinajstić information content (AvgIpc) is 2.61. The number of piperidine rings is 1. The molecule has 2 aliphatic rings. The third-order valence-corrected chi connectivity index (χ3v) is 4.48. The Labute approximate surface area is 140 Å². The summed E-state index contributed by atoms with van der Waals surface area (Å²) in [5.74, 6) is 0.194. The van der Waals surface area contributed by atoms with Crippen LogP contribution in [0.2, 0.25) is 0 Å². The van der Waals surface area contributed by atoms with Crippen molar-refractivity contribution >= 4 is 12.0 Å². The molecule has 0 saturated carbocycles. The van der Waals surface area contributed by atoms with E-state index in [9.17, 15) is 9.59 Å². The Morgan fingerprint density at radius 1 is 1.30 bits per heavy atom. The van der Waals surface area contributed by atoms with Crippen molar-refractivity contribution in [1.82, 2.24) is 10.2 Å². The zero-order chi connectivity index (χ0) is 17.5. The standard InChI is InChI=1S/C18H32N2O3/c1-16(2,3)10-13-11-18(19-14(13)21)8-7-9-20(12-18)15(22)23-17(4,5)6/h13H,7-12H2,1-6H3,(H,19,21). The Morgan fingerprint density at radius 3 is 2.52 bits per heavy atom. The molecule has 0 aromatic carbocycles. The molecule has 2 rings (SSSR count). The van der Waals surface area contributed by atoms with Gasteiger partial charge in [0.25, 0.3) is 0 Å². The molecule has 0 aliphatic carbocycles. The molecular formula is C18H32N2O3. The Kier molecular flexibility index (Phi) is 4.71. The van der Waals surface area contributed by atoms with E-state index in [1.165, 1.54) is 0 Å². The van der Waals surface area contributed by atoms with Gasteiger partial charge < -0.3 is 15.0 Å². The summed E-state index contributed by atoms with van der Waals surface area (Å²) < 4.78 is 5.49. The topological polar surface area (TPSA) is 58.6 Å². The molecule has 2 aliphatic heterocycles. The third-order valence-electron chi connectivity index (χ3n) is 4.48. The molecule has 2 atom stereocenters. The van der Waals surface area contributed by atoms with E-state index in [1.54, 1.807) is 4.90 Å². The molecule has 1 N–H and O–H groups in total. The van der Waals surface area contributed by atoms with Gasteiger partial charge in [0.2, 0.25) is 5.91 Å². The van der Waals surface area contributed by atoms with Gasteiger partial charge in [-0.05, 0) is 51.9 Å². The smallest absolute Gasteiger partial charge is 0.410 e. The maximum atomic E-state index is 12.4. The summed E-state index contributed by atoms with van der Waals surface area (Å²) in [6.07, 6.45) is 3.28. The van der Waals surface area contributed by atoms with Crippen molar-refractivity contribution in [3.05, 3.63) is 0 Å². The summed E-state index contributed by atoms with van der Waals surface area (Å²) >= 11 is 0. The van der Waals surface area contributed by atoms with Crippen LogP contribution in [0.15, 0.2) is 0 Å². The molecule has 1 spiro atoms. The Balaban J connectivity index is 2.03. The molecule has 23 heavy (non-hydrogen) atoms. The molecule has 0 radical (unpaired) electrons. The second kappa shape index (κ2) is 5.99. The maximum Gasteiger partial charge on any atom is 0.410 e. The molecule has 2 saturated heterocycles. The summed E-state index contributed by atoms with van der Waals surface area (Å²) in [6, 6.07) is 0. The van der Waals surface area contributed by atoms with Crippen molar-refractivity contribution in [3.63, 3.8) is 0 Å². The van der Waals surface area contributed by atoms with Gasteiger partial charge in [0, 0.05) is 19.0 Å². The van der Waals surface area contributed by atoms with Crippen molar-refractivity contribution in [2.75, 3.05) is 13.1 Å². The SMILES string of the molecule is CC(C)(C)CC1CC2(CCCN(C(=O)OC(C)(C)C)C2)NC1=O. The van der Waals surface area contributed by atoms with Gasteiger partial charge in [0.05, 0.1) is 5.54 Å². The second-order valence-electron chi connectivity index (χ2n) is 9.44. The molecular weight excluding hydrogens is 292 g/mol. The van der Waals surface area contributed by atoms with Gasteiger partial charge in [-0.3, -0.25) is 4.79 Å². The molecule has 2 amide bonds. The minimum Gasteiger partial charge on any atom is -0.444 e. The first-order chi connectivity index (χ1) is 10.4. The van der Waals surface area contributed by atoms with Crippen LogP contribution in [0.4, 0.5) is 4.79 Å². The molecule has 0 bridgehead atoms. The summed E-state index contributed by atoms with van der Waals surface area (Å²) in [6.45, 7) is 13.4. The van der Waals surface area contributed by atoms with Crippen LogP contribution in [0.5, 0.6) is 0 Å². The predicted molar refractivity (Wildman–Crippen MR) is 90.1 cm³/mol. The highest BCUT2D eigenvalue weighted by Crippen LogP contribution is 2.38. The van der Waals surface area contributed by atoms with Gasteiger partial charge in [-0.25, -0.2) is 4.79 Å². The number of nitrogens with one attached hydrogen (secondary N) is 1. The van der Waals surface area contributed by atoms with E-state index in [4.69, 9.17) is 4.74 Å². The molecule has 5 heteroatoms. The number of hydrogen-bond donors (Lipinski definition) is 1. The minimum absolute atomic E-state index is 0.0496. The number of ether oxygens (including phenoxy) is 1. The second-order valence-corrected chi connectivity index (χ2v) is 9.44. The first kappa shape index (κ1) is 18.1. The van der Waals surface area contributed by atoms with Gasteiger partial charge in [-0.1, -0.05) is 20.8 Å². The van der Waals surface area contributed by atoms with Gasteiger partial charge in [-0.2, -0.15) is 0 Å². The lowest BCUT2D eigenvalue weighted by Gasteiger charge is -2.40. The van der Waals surface area contributed by atoms with E-state index >= 15 is 0 Å². The third kappa shape index (κ3) is 4.85. The van der Waals surface area contributed by atoms with E-state index in [1.807, 2.05) is 20.8 Å². The molecule has 0 aromatic heterocycles. The van der Waals surface area contributed by atoms with Crippen LogP contribution in [0.25, 0.3) is 0 Å². The zero-order valence-corrected chi connectivity index (χ0v) is 15.5. The minimum atomic E-state index is -0.491. The van der Waals surface area contributed by atoms with Crippen molar-refractivity contribution in [2.24, 2.45) is 11.3 Å².